The van der Waals surface area contributed by atoms with Crippen molar-refractivity contribution < 1.29 is 9.53 Å². The van der Waals surface area contributed by atoms with Gasteiger partial charge in [0.1, 0.15) is 0 Å². The van der Waals surface area contributed by atoms with Crippen molar-refractivity contribution in [3.8, 4) is 0 Å². The number of carbonyl (C=O) groups excluding carboxylic acids is 1. The van der Waals surface area contributed by atoms with Gasteiger partial charge in [0, 0.05) is 32.3 Å². The molecule has 1 amide bonds. The minimum Gasteiger partial charge on any atom is -0.379 e. The van der Waals surface area contributed by atoms with Crippen LogP contribution in [0.5, 0.6) is 0 Å². The molecule has 0 saturated carbocycles. The van der Waals surface area contributed by atoms with E-state index in [1.807, 2.05) is 41.3 Å². The molecule has 0 N–H and O–H groups in total. The van der Waals surface area contributed by atoms with Crippen molar-refractivity contribution in [2.45, 2.75) is 12.5 Å². The van der Waals surface area contributed by atoms with Gasteiger partial charge >= 0.3 is 0 Å². The largest absolute Gasteiger partial charge is 0.379 e. The van der Waals surface area contributed by atoms with Gasteiger partial charge in [0.15, 0.2) is 0 Å². The second-order valence-corrected chi connectivity index (χ2v) is 6.03. The third-order valence-corrected chi connectivity index (χ3v) is 4.37. The van der Waals surface area contributed by atoms with Crippen LogP contribution in [0.4, 0.5) is 0 Å². The highest BCUT2D eigenvalue weighted by Crippen LogP contribution is 2.28. The molecule has 0 spiro atoms. The fourth-order valence-electron chi connectivity index (χ4n) is 3.07. The molecule has 0 radical (unpaired) electrons. The Morgan fingerprint density at radius 3 is 2.52 bits per heavy atom. The molecule has 0 unspecified atom stereocenters. The predicted octanol–water partition coefficient (Wildman–Crippen LogP) is 1.63. The number of amides is 1. The average Bonchev–Trinajstić information content (AvgIpc) is 2.51. The summed E-state index contributed by atoms with van der Waals surface area (Å²) in [4.78, 5) is 16.5. The van der Waals surface area contributed by atoms with E-state index in [1.165, 1.54) is 0 Å². The van der Waals surface area contributed by atoms with E-state index in [2.05, 4.69) is 11.8 Å². The Morgan fingerprint density at radius 2 is 1.86 bits per heavy atom. The first-order valence-electron chi connectivity index (χ1n) is 7.52. The van der Waals surface area contributed by atoms with Crippen molar-refractivity contribution >= 4 is 12.0 Å². The van der Waals surface area contributed by atoms with E-state index in [0.29, 0.717) is 0 Å². The van der Waals surface area contributed by atoms with Crippen LogP contribution in [0, 0.1) is 0 Å². The zero-order chi connectivity index (χ0) is 14.7. The Labute approximate surface area is 126 Å². The van der Waals surface area contributed by atoms with Crippen LogP contribution in [0.15, 0.2) is 36.4 Å². The molecule has 2 aliphatic rings. The number of rotatable bonds is 3. The van der Waals surface area contributed by atoms with Crippen LogP contribution < -0.4 is 0 Å². The van der Waals surface area contributed by atoms with E-state index >= 15 is 0 Å². The fourth-order valence-corrected chi connectivity index (χ4v) is 3.07. The molecule has 112 valence electrons. The van der Waals surface area contributed by atoms with Crippen molar-refractivity contribution in [3.05, 3.63) is 42.0 Å². The normalized spacial score (nSPS) is 22.2. The van der Waals surface area contributed by atoms with Crippen LogP contribution in [0.25, 0.3) is 6.08 Å². The third kappa shape index (κ3) is 3.17. The summed E-state index contributed by atoms with van der Waals surface area (Å²) >= 11 is 0. The van der Waals surface area contributed by atoms with E-state index in [4.69, 9.17) is 4.74 Å². The molecular weight excluding hydrogens is 264 g/mol. The van der Waals surface area contributed by atoms with Gasteiger partial charge in [-0.25, -0.2) is 0 Å². The zero-order valence-corrected chi connectivity index (χ0v) is 12.5. The minimum atomic E-state index is 0.101. The Balaban J connectivity index is 1.53. The lowest BCUT2D eigenvalue weighted by Crippen LogP contribution is -2.70. The van der Waals surface area contributed by atoms with Crippen LogP contribution >= 0.6 is 0 Å². The van der Waals surface area contributed by atoms with Crippen LogP contribution in [-0.4, -0.2) is 60.6 Å². The van der Waals surface area contributed by atoms with Crippen molar-refractivity contribution in [1.82, 2.24) is 9.80 Å². The summed E-state index contributed by atoms with van der Waals surface area (Å²) in [7, 11) is 0. The summed E-state index contributed by atoms with van der Waals surface area (Å²) in [5.41, 5.74) is 1.18. The van der Waals surface area contributed by atoms with Crippen LogP contribution in [0.3, 0.4) is 0 Å². The van der Waals surface area contributed by atoms with Gasteiger partial charge in [0.25, 0.3) is 0 Å². The van der Waals surface area contributed by atoms with Gasteiger partial charge in [-0.15, -0.1) is 0 Å². The lowest BCUT2D eigenvalue weighted by molar-refractivity contribution is -0.143. The summed E-state index contributed by atoms with van der Waals surface area (Å²) in [5.74, 6) is 0.101. The molecule has 0 aromatic heterocycles. The summed E-state index contributed by atoms with van der Waals surface area (Å²) in [6.07, 6.45) is 3.56. The van der Waals surface area contributed by atoms with Gasteiger partial charge in [-0.1, -0.05) is 30.3 Å². The molecule has 4 heteroatoms. The van der Waals surface area contributed by atoms with Crippen molar-refractivity contribution in [2.24, 2.45) is 0 Å². The number of benzene rings is 1. The zero-order valence-electron chi connectivity index (χ0n) is 12.5. The first kappa shape index (κ1) is 14.3. The van der Waals surface area contributed by atoms with E-state index < -0.39 is 0 Å². The monoisotopic (exact) mass is 286 g/mol. The second-order valence-electron chi connectivity index (χ2n) is 6.03. The summed E-state index contributed by atoms with van der Waals surface area (Å²) in [6, 6.07) is 9.92. The number of likely N-dealkylation sites (tertiary alicyclic amines) is 1. The molecule has 0 bridgehead atoms. The number of carbonyl (C=O) groups is 1. The molecule has 0 atom stereocenters. The van der Waals surface area contributed by atoms with Gasteiger partial charge < -0.3 is 9.64 Å². The molecule has 2 saturated heterocycles. The van der Waals surface area contributed by atoms with Gasteiger partial charge in [-0.05, 0) is 18.6 Å². The van der Waals surface area contributed by atoms with Crippen LogP contribution in [0.1, 0.15) is 12.5 Å². The summed E-state index contributed by atoms with van der Waals surface area (Å²) in [6.45, 7) is 7.41. The highest BCUT2D eigenvalue weighted by Gasteiger charge is 2.45. The molecule has 3 rings (SSSR count). The third-order valence-electron chi connectivity index (χ3n) is 4.37. The highest BCUT2D eigenvalue weighted by molar-refractivity contribution is 5.92. The molecule has 0 aliphatic carbocycles. The van der Waals surface area contributed by atoms with Crippen molar-refractivity contribution in [2.75, 3.05) is 39.4 Å². The van der Waals surface area contributed by atoms with Crippen molar-refractivity contribution in [1.29, 1.82) is 0 Å². The Kier molecular flexibility index (Phi) is 4.08. The minimum absolute atomic E-state index is 0.101. The molecule has 4 nitrogen and oxygen atoms in total. The quantitative estimate of drug-likeness (QED) is 0.792. The maximum absolute atomic E-state index is 12.2. The summed E-state index contributed by atoms with van der Waals surface area (Å²) in [5, 5.41) is 0. The maximum Gasteiger partial charge on any atom is 0.246 e. The predicted molar refractivity (Wildman–Crippen MR) is 82.9 cm³/mol. The number of hydrogen-bond acceptors (Lipinski definition) is 3. The van der Waals surface area contributed by atoms with Crippen LogP contribution in [-0.2, 0) is 9.53 Å². The van der Waals surface area contributed by atoms with Crippen molar-refractivity contribution in [3.63, 3.8) is 0 Å². The first-order valence-corrected chi connectivity index (χ1v) is 7.52. The smallest absolute Gasteiger partial charge is 0.246 e. The SMILES string of the molecule is CC1(N2CCOCC2)CN(C(=O)C=Cc2ccccc2)C1. The molecule has 2 heterocycles. The first-order chi connectivity index (χ1) is 10.2. The lowest BCUT2D eigenvalue weighted by atomic mass is 9.89. The van der Waals surface area contributed by atoms with Gasteiger partial charge in [0.2, 0.25) is 5.91 Å². The summed E-state index contributed by atoms with van der Waals surface area (Å²) < 4.78 is 5.39. The van der Waals surface area contributed by atoms with Gasteiger partial charge in [-0.2, -0.15) is 0 Å². The average molecular weight is 286 g/mol. The molecule has 21 heavy (non-hydrogen) atoms. The molecule has 1 aromatic carbocycles. The van der Waals surface area contributed by atoms with E-state index in [-0.39, 0.29) is 11.4 Å². The topological polar surface area (TPSA) is 32.8 Å². The van der Waals surface area contributed by atoms with Gasteiger partial charge in [0.05, 0.1) is 18.8 Å². The second kappa shape index (κ2) is 6.00. The Bertz CT molecular complexity index is 515. The number of morpholine rings is 1. The number of hydrogen-bond donors (Lipinski definition) is 0. The molecular formula is C17H22N2O2. The number of ether oxygens (including phenoxy) is 1. The molecule has 2 fully saturated rings. The Morgan fingerprint density at radius 1 is 1.19 bits per heavy atom. The molecule has 1 aromatic rings. The number of nitrogens with zero attached hydrogens (tertiary/aromatic N) is 2. The fraction of sp³-hybridized carbons (Fsp3) is 0.471. The maximum atomic E-state index is 12.2. The van der Waals surface area contributed by atoms with E-state index in [1.54, 1.807) is 6.08 Å². The standard InChI is InChI=1S/C17H22N2O2/c1-17(19-9-11-21-12-10-19)13-18(14-17)16(20)8-7-15-5-3-2-4-6-15/h2-8H,9-14H2,1H3. The Hall–Kier alpha value is -1.65. The highest BCUT2D eigenvalue weighted by atomic mass is 16.5. The lowest BCUT2D eigenvalue weighted by Gasteiger charge is -2.54. The van der Waals surface area contributed by atoms with E-state index in [9.17, 15) is 4.79 Å². The molecule has 2 aliphatic heterocycles. The van der Waals surface area contributed by atoms with Gasteiger partial charge in [-0.3, -0.25) is 9.69 Å². The van der Waals surface area contributed by atoms with E-state index in [0.717, 1.165) is 45.0 Å². The van der Waals surface area contributed by atoms with Crippen LogP contribution in [0.2, 0.25) is 0 Å².